The summed E-state index contributed by atoms with van der Waals surface area (Å²) in [7, 11) is -3.93. The van der Waals surface area contributed by atoms with E-state index in [2.05, 4.69) is 4.72 Å². The molecule has 2 aromatic rings. The first kappa shape index (κ1) is 19.1. The Morgan fingerprint density at radius 3 is 1.76 bits per heavy atom. The average Bonchev–Trinajstić information content (AvgIpc) is 2.56. The van der Waals surface area contributed by atoms with E-state index in [4.69, 9.17) is 5.73 Å². The standard InChI is InChI=1S/C19H24N2O3S/c1-11-12(2)14(4)18(15(5)13(11)3)25(23,24)21-17(19(20)22)16-9-7-6-8-10-16/h6-10,17,21H,1-5H3,(H2,20,22). The molecule has 2 aromatic carbocycles. The maximum Gasteiger partial charge on any atom is 0.242 e. The molecule has 1 atom stereocenters. The Kier molecular flexibility index (Phi) is 5.34. The molecule has 0 saturated heterocycles. The number of hydrogen-bond donors (Lipinski definition) is 2. The van der Waals surface area contributed by atoms with E-state index in [0.717, 1.165) is 16.7 Å². The third kappa shape index (κ3) is 3.60. The molecule has 1 unspecified atom stereocenters. The van der Waals surface area contributed by atoms with Crippen molar-refractivity contribution >= 4 is 15.9 Å². The first-order chi connectivity index (χ1) is 11.6. The lowest BCUT2D eigenvalue weighted by atomic mass is 9.95. The number of primary amides is 1. The minimum absolute atomic E-state index is 0.218. The first-order valence-corrected chi connectivity index (χ1v) is 9.49. The van der Waals surface area contributed by atoms with Crippen LogP contribution >= 0.6 is 0 Å². The van der Waals surface area contributed by atoms with Gasteiger partial charge in [-0.25, -0.2) is 8.42 Å². The van der Waals surface area contributed by atoms with Gasteiger partial charge in [-0.15, -0.1) is 0 Å². The molecule has 0 saturated carbocycles. The number of carbonyl (C=O) groups excluding carboxylic acids is 1. The van der Waals surface area contributed by atoms with E-state index in [0.29, 0.717) is 16.7 Å². The van der Waals surface area contributed by atoms with Crippen molar-refractivity contribution in [3.8, 4) is 0 Å². The second-order valence-corrected chi connectivity index (χ2v) is 7.97. The first-order valence-electron chi connectivity index (χ1n) is 8.01. The molecule has 0 heterocycles. The van der Waals surface area contributed by atoms with Crippen LogP contribution in [0.2, 0.25) is 0 Å². The molecule has 0 aliphatic heterocycles. The van der Waals surface area contributed by atoms with E-state index in [9.17, 15) is 13.2 Å². The number of hydrogen-bond acceptors (Lipinski definition) is 3. The maximum atomic E-state index is 13.1. The molecular formula is C19H24N2O3S. The van der Waals surface area contributed by atoms with Gasteiger partial charge >= 0.3 is 0 Å². The van der Waals surface area contributed by atoms with E-state index in [-0.39, 0.29) is 4.90 Å². The summed E-state index contributed by atoms with van der Waals surface area (Å²) in [5.74, 6) is -0.745. The van der Waals surface area contributed by atoms with Crippen molar-refractivity contribution in [2.45, 2.75) is 45.6 Å². The third-order valence-corrected chi connectivity index (χ3v) is 6.59. The summed E-state index contributed by atoms with van der Waals surface area (Å²) in [4.78, 5) is 12.1. The molecule has 0 aromatic heterocycles. The Morgan fingerprint density at radius 2 is 1.32 bits per heavy atom. The van der Waals surface area contributed by atoms with Gasteiger partial charge in [-0.05, 0) is 68.0 Å². The topological polar surface area (TPSA) is 89.3 Å². The highest BCUT2D eigenvalue weighted by Crippen LogP contribution is 2.30. The minimum atomic E-state index is -3.93. The lowest BCUT2D eigenvalue weighted by Crippen LogP contribution is -2.38. The van der Waals surface area contributed by atoms with Crippen LogP contribution in [0.1, 0.15) is 39.4 Å². The predicted molar refractivity (Wildman–Crippen MR) is 98.8 cm³/mol. The molecule has 3 N–H and O–H groups in total. The quantitative estimate of drug-likeness (QED) is 0.859. The summed E-state index contributed by atoms with van der Waals surface area (Å²) in [5, 5.41) is 0. The largest absolute Gasteiger partial charge is 0.368 e. The van der Waals surface area contributed by atoms with Crippen LogP contribution in [0, 0.1) is 34.6 Å². The van der Waals surface area contributed by atoms with Crippen molar-refractivity contribution in [2.75, 3.05) is 0 Å². The molecule has 0 bridgehead atoms. The molecule has 134 valence electrons. The van der Waals surface area contributed by atoms with Crippen LogP contribution in [-0.2, 0) is 14.8 Å². The number of nitrogens with one attached hydrogen (secondary N) is 1. The van der Waals surface area contributed by atoms with Crippen molar-refractivity contribution in [1.82, 2.24) is 4.72 Å². The summed E-state index contributed by atoms with van der Waals surface area (Å²) >= 11 is 0. The van der Waals surface area contributed by atoms with Crippen LogP contribution < -0.4 is 10.5 Å². The third-order valence-electron chi connectivity index (χ3n) is 4.89. The second-order valence-electron chi connectivity index (χ2n) is 6.32. The zero-order valence-corrected chi connectivity index (χ0v) is 16.0. The Balaban J connectivity index is 2.58. The van der Waals surface area contributed by atoms with E-state index in [1.807, 2.05) is 20.8 Å². The summed E-state index contributed by atoms with van der Waals surface area (Å²) in [5.41, 5.74) is 10.3. The number of amides is 1. The fraction of sp³-hybridized carbons (Fsp3) is 0.316. The smallest absolute Gasteiger partial charge is 0.242 e. The van der Waals surface area contributed by atoms with E-state index in [1.165, 1.54) is 0 Å². The van der Waals surface area contributed by atoms with E-state index in [1.54, 1.807) is 44.2 Å². The summed E-state index contributed by atoms with van der Waals surface area (Å²) in [6, 6.07) is 7.47. The van der Waals surface area contributed by atoms with Crippen molar-refractivity contribution in [1.29, 1.82) is 0 Å². The van der Waals surface area contributed by atoms with Crippen molar-refractivity contribution < 1.29 is 13.2 Å². The highest BCUT2D eigenvalue weighted by Gasteiger charge is 2.29. The van der Waals surface area contributed by atoms with Crippen LogP contribution in [0.3, 0.4) is 0 Å². The molecule has 1 amide bonds. The van der Waals surface area contributed by atoms with Crippen LogP contribution in [0.15, 0.2) is 35.2 Å². The molecule has 2 rings (SSSR count). The van der Waals surface area contributed by atoms with Gasteiger partial charge in [0.2, 0.25) is 15.9 Å². The van der Waals surface area contributed by atoms with Crippen molar-refractivity contribution in [3.05, 3.63) is 63.7 Å². The molecule has 6 heteroatoms. The fourth-order valence-electron chi connectivity index (χ4n) is 3.02. The van der Waals surface area contributed by atoms with E-state index >= 15 is 0 Å². The van der Waals surface area contributed by atoms with Crippen LogP contribution in [0.4, 0.5) is 0 Å². The second kappa shape index (κ2) is 6.98. The van der Waals surface area contributed by atoms with Gasteiger partial charge in [0.1, 0.15) is 6.04 Å². The highest BCUT2D eigenvalue weighted by atomic mass is 32.2. The maximum absolute atomic E-state index is 13.1. The minimum Gasteiger partial charge on any atom is -0.368 e. The van der Waals surface area contributed by atoms with Gasteiger partial charge in [0.05, 0.1) is 4.90 Å². The Labute approximate surface area is 149 Å². The van der Waals surface area contributed by atoms with Gasteiger partial charge in [0, 0.05) is 0 Å². The number of carbonyl (C=O) groups is 1. The zero-order chi connectivity index (χ0) is 18.9. The number of rotatable bonds is 5. The lowest BCUT2D eigenvalue weighted by Gasteiger charge is -2.21. The van der Waals surface area contributed by atoms with E-state index < -0.39 is 22.0 Å². The summed E-state index contributed by atoms with van der Waals surface area (Å²) < 4.78 is 28.6. The van der Waals surface area contributed by atoms with Gasteiger partial charge in [-0.2, -0.15) is 4.72 Å². The van der Waals surface area contributed by atoms with Crippen LogP contribution in [-0.4, -0.2) is 14.3 Å². The van der Waals surface area contributed by atoms with Gasteiger partial charge in [0.25, 0.3) is 0 Å². The molecule has 0 fully saturated rings. The Hall–Kier alpha value is -2.18. The Bertz CT molecular complexity index is 890. The van der Waals surface area contributed by atoms with Gasteiger partial charge in [-0.3, -0.25) is 4.79 Å². The van der Waals surface area contributed by atoms with Gasteiger partial charge in [-0.1, -0.05) is 30.3 Å². The molecule has 0 radical (unpaired) electrons. The number of benzene rings is 2. The molecule has 0 aliphatic carbocycles. The normalized spacial score (nSPS) is 12.8. The fourth-order valence-corrected chi connectivity index (χ4v) is 4.81. The molecule has 0 spiro atoms. The SMILES string of the molecule is Cc1c(C)c(C)c(S(=O)(=O)NC(C(N)=O)c2ccccc2)c(C)c1C. The monoisotopic (exact) mass is 360 g/mol. The van der Waals surface area contributed by atoms with Crippen LogP contribution in [0.5, 0.6) is 0 Å². The highest BCUT2D eigenvalue weighted by molar-refractivity contribution is 7.89. The van der Waals surface area contributed by atoms with Crippen LogP contribution in [0.25, 0.3) is 0 Å². The summed E-state index contributed by atoms with van der Waals surface area (Å²) in [6.07, 6.45) is 0. The number of nitrogens with two attached hydrogens (primary N) is 1. The summed E-state index contributed by atoms with van der Waals surface area (Å²) in [6.45, 7) is 9.35. The number of sulfonamides is 1. The van der Waals surface area contributed by atoms with Crippen molar-refractivity contribution in [3.63, 3.8) is 0 Å². The molecular weight excluding hydrogens is 336 g/mol. The molecule has 5 nitrogen and oxygen atoms in total. The van der Waals surface area contributed by atoms with Gasteiger partial charge < -0.3 is 5.73 Å². The van der Waals surface area contributed by atoms with Crippen molar-refractivity contribution in [2.24, 2.45) is 5.73 Å². The Morgan fingerprint density at radius 1 is 0.880 bits per heavy atom. The van der Waals surface area contributed by atoms with Gasteiger partial charge in [0.15, 0.2) is 0 Å². The zero-order valence-electron chi connectivity index (χ0n) is 15.2. The molecule has 0 aliphatic rings. The average molecular weight is 360 g/mol. The predicted octanol–water partition coefficient (Wildman–Crippen LogP) is 2.73. The molecule has 25 heavy (non-hydrogen) atoms. The lowest BCUT2D eigenvalue weighted by molar-refractivity contribution is -0.119.